The van der Waals surface area contributed by atoms with Gasteiger partial charge in [0.1, 0.15) is 11.5 Å². The summed E-state index contributed by atoms with van der Waals surface area (Å²) in [6.45, 7) is 0.770. The van der Waals surface area contributed by atoms with Crippen LogP contribution in [0.15, 0.2) is 42.5 Å². The molecule has 0 atom stereocenters. The largest absolute Gasteiger partial charge is 0.497 e. The Morgan fingerprint density at radius 3 is 2.44 bits per heavy atom. The summed E-state index contributed by atoms with van der Waals surface area (Å²) in [5.41, 5.74) is 2.14. The van der Waals surface area contributed by atoms with Gasteiger partial charge in [0.15, 0.2) is 0 Å². The molecule has 0 unspecified atom stereocenters. The van der Waals surface area contributed by atoms with Crippen LogP contribution in [-0.4, -0.2) is 39.1 Å². The normalized spacial score (nSPS) is 13.4. The van der Waals surface area contributed by atoms with Gasteiger partial charge < -0.3 is 25.0 Å². The fourth-order valence-corrected chi connectivity index (χ4v) is 3.02. The van der Waals surface area contributed by atoms with E-state index in [0.29, 0.717) is 30.2 Å². The van der Waals surface area contributed by atoms with Gasteiger partial charge in [-0.3, -0.25) is 9.59 Å². The Morgan fingerprint density at radius 2 is 1.81 bits per heavy atom. The summed E-state index contributed by atoms with van der Waals surface area (Å²) in [5.74, 6) is 1.08. The summed E-state index contributed by atoms with van der Waals surface area (Å²) in [4.78, 5) is 26.1. The maximum absolute atomic E-state index is 12.3. The highest BCUT2D eigenvalue weighted by atomic mass is 16.5. The summed E-state index contributed by atoms with van der Waals surface area (Å²) < 4.78 is 10.4. The fraction of sp³-hybridized carbons (Fsp3) is 0.300. The van der Waals surface area contributed by atoms with Crippen LogP contribution in [0.2, 0.25) is 0 Å². The number of amides is 2. The average Bonchev–Trinajstić information content (AvgIpc) is 3.12. The van der Waals surface area contributed by atoms with Crippen LogP contribution in [0, 0.1) is 0 Å². The third kappa shape index (κ3) is 4.49. The Bertz CT molecular complexity index is 815. The van der Waals surface area contributed by atoms with E-state index in [0.717, 1.165) is 17.8 Å². The van der Waals surface area contributed by atoms with Crippen molar-refractivity contribution in [2.75, 3.05) is 42.8 Å². The van der Waals surface area contributed by atoms with E-state index in [4.69, 9.17) is 9.47 Å². The van der Waals surface area contributed by atoms with Gasteiger partial charge in [0, 0.05) is 36.9 Å². The van der Waals surface area contributed by atoms with Crippen molar-refractivity contribution in [3.63, 3.8) is 0 Å². The molecule has 0 radical (unpaired) electrons. The summed E-state index contributed by atoms with van der Waals surface area (Å²) in [6.07, 6.45) is 1.41. The first-order chi connectivity index (χ1) is 13.1. The zero-order valence-electron chi connectivity index (χ0n) is 15.5. The minimum Gasteiger partial charge on any atom is -0.497 e. The number of nitrogens with one attached hydrogen (secondary N) is 2. The number of hydrogen-bond donors (Lipinski definition) is 2. The number of carbonyl (C=O) groups is 2. The molecule has 1 aliphatic rings. The molecule has 1 saturated heterocycles. The highest BCUT2D eigenvalue weighted by molar-refractivity contribution is 5.99. The number of para-hydroxylation sites is 2. The van der Waals surface area contributed by atoms with Gasteiger partial charge >= 0.3 is 0 Å². The standard InChI is InChI=1S/C20H23N3O4/c1-26-15-10-14(11-16(12-15)27-2)22-19(24)13-21-17-6-3-4-7-18(17)23-9-5-8-20(23)25/h3-4,6-7,10-12,21H,5,8-9,13H2,1-2H3,(H,22,24). The van der Waals surface area contributed by atoms with Crippen LogP contribution >= 0.6 is 0 Å². The maximum atomic E-state index is 12.3. The van der Waals surface area contributed by atoms with E-state index in [2.05, 4.69) is 10.6 Å². The van der Waals surface area contributed by atoms with Crippen molar-refractivity contribution in [3.8, 4) is 11.5 Å². The van der Waals surface area contributed by atoms with E-state index in [1.54, 1.807) is 37.3 Å². The van der Waals surface area contributed by atoms with Crippen LogP contribution in [0.3, 0.4) is 0 Å². The minimum absolute atomic E-state index is 0.0680. The van der Waals surface area contributed by atoms with Crippen molar-refractivity contribution in [3.05, 3.63) is 42.5 Å². The third-order valence-electron chi connectivity index (χ3n) is 4.34. The van der Waals surface area contributed by atoms with Crippen LogP contribution in [0.4, 0.5) is 17.1 Å². The molecule has 0 saturated carbocycles. The molecule has 0 aromatic heterocycles. The van der Waals surface area contributed by atoms with E-state index in [-0.39, 0.29) is 18.4 Å². The number of anilines is 3. The average molecular weight is 369 g/mol. The quantitative estimate of drug-likeness (QED) is 0.784. The van der Waals surface area contributed by atoms with E-state index in [9.17, 15) is 9.59 Å². The number of ether oxygens (including phenoxy) is 2. The molecule has 27 heavy (non-hydrogen) atoms. The Balaban J connectivity index is 1.66. The number of nitrogens with zero attached hydrogens (tertiary/aromatic N) is 1. The summed E-state index contributed by atoms with van der Waals surface area (Å²) in [6, 6.07) is 12.7. The highest BCUT2D eigenvalue weighted by Crippen LogP contribution is 2.29. The van der Waals surface area contributed by atoms with Crippen LogP contribution in [0.1, 0.15) is 12.8 Å². The van der Waals surface area contributed by atoms with Gasteiger partial charge in [-0.05, 0) is 18.6 Å². The molecular formula is C20H23N3O4. The highest BCUT2D eigenvalue weighted by Gasteiger charge is 2.23. The summed E-state index contributed by atoms with van der Waals surface area (Å²) in [5, 5.41) is 5.94. The first-order valence-electron chi connectivity index (χ1n) is 8.77. The van der Waals surface area contributed by atoms with Crippen molar-refractivity contribution in [1.82, 2.24) is 0 Å². The molecule has 0 aliphatic carbocycles. The topological polar surface area (TPSA) is 79.9 Å². The third-order valence-corrected chi connectivity index (χ3v) is 4.34. The Kier molecular flexibility index (Phi) is 5.80. The number of benzene rings is 2. The number of rotatable bonds is 7. The van der Waals surface area contributed by atoms with E-state index < -0.39 is 0 Å². The van der Waals surface area contributed by atoms with Crippen molar-refractivity contribution in [2.24, 2.45) is 0 Å². The zero-order valence-corrected chi connectivity index (χ0v) is 15.5. The van der Waals surface area contributed by atoms with E-state index >= 15 is 0 Å². The van der Waals surface area contributed by atoms with Gasteiger partial charge in [-0.25, -0.2) is 0 Å². The Hall–Kier alpha value is -3.22. The predicted octanol–water partition coefficient (Wildman–Crippen LogP) is 2.88. The molecule has 0 spiro atoms. The second kappa shape index (κ2) is 8.44. The lowest BCUT2D eigenvalue weighted by Gasteiger charge is -2.20. The minimum atomic E-state index is -0.215. The van der Waals surface area contributed by atoms with Crippen molar-refractivity contribution < 1.29 is 19.1 Å². The molecule has 7 heteroatoms. The fourth-order valence-electron chi connectivity index (χ4n) is 3.02. The van der Waals surface area contributed by atoms with Crippen LogP contribution in [-0.2, 0) is 9.59 Å². The molecule has 7 nitrogen and oxygen atoms in total. The first kappa shape index (κ1) is 18.6. The zero-order chi connectivity index (χ0) is 19.2. The molecule has 2 aromatic rings. The second-order valence-corrected chi connectivity index (χ2v) is 6.17. The van der Waals surface area contributed by atoms with Gasteiger partial charge in [0.25, 0.3) is 0 Å². The Morgan fingerprint density at radius 1 is 1.11 bits per heavy atom. The van der Waals surface area contributed by atoms with Gasteiger partial charge in [-0.1, -0.05) is 12.1 Å². The van der Waals surface area contributed by atoms with Crippen LogP contribution in [0.5, 0.6) is 11.5 Å². The Labute approximate surface area is 158 Å². The lowest BCUT2D eigenvalue weighted by molar-refractivity contribution is -0.117. The lowest BCUT2D eigenvalue weighted by Crippen LogP contribution is -2.26. The SMILES string of the molecule is COc1cc(NC(=O)CNc2ccccc2N2CCCC2=O)cc(OC)c1. The molecule has 142 valence electrons. The first-order valence-corrected chi connectivity index (χ1v) is 8.77. The van der Waals surface area contributed by atoms with Crippen molar-refractivity contribution >= 4 is 28.9 Å². The second-order valence-electron chi connectivity index (χ2n) is 6.17. The van der Waals surface area contributed by atoms with Gasteiger partial charge in [-0.15, -0.1) is 0 Å². The van der Waals surface area contributed by atoms with Crippen molar-refractivity contribution in [1.29, 1.82) is 0 Å². The van der Waals surface area contributed by atoms with Crippen LogP contribution < -0.4 is 25.0 Å². The monoisotopic (exact) mass is 369 g/mol. The molecule has 1 fully saturated rings. The van der Waals surface area contributed by atoms with E-state index in [1.807, 2.05) is 24.3 Å². The smallest absolute Gasteiger partial charge is 0.243 e. The predicted molar refractivity (Wildman–Crippen MR) is 105 cm³/mol. The molecule has 1 heterocycles. The van der Waals surface area contributed by atoms with Crippen molar-refractivity contribution in [2.45, 2.75) is 12.8 Å². The number of hydrogen-bond acceptors (Lipinski definition) is 5. The van der Waals surface area contributed by atoms with Gasteiger partial charge in [0.05, 0.1) is 32.1 Å². The van der Waals surface area contributed by atoms with Gasteiger partial charge in [-0.2, -0.15) is 0 Å². The number of carbonyl (C=O) groups excluding carboxylic acids is 2. The molecule has 3 rings (SSSR count). The molecule has 2 N–H and O–H groups in total. The molecule has 0 bridgehead atoms. The van der Waals surface area contributed by atoms with Gasteiger partial charge in [0.2, 0.25) is 11.8 Å². The summed E-state index contributed by atoms with van der Waals surface area (Å²) in [7, 11) is 3.11. The molecule has 2 amide bonds. The van der Waals surface area contributed by atoms with E-state index in [1.165, 1.54) is 0 Å². The molecule has 1 aliphatic heterocycles. The molecular weight excluding hydrogens is 346 g/mol. The summed E-state index contributed by atoms with van der Waals surface area (Å²) >= 11 is 0. The maximum Gasteiger partial charge on any atom is 0.243 e. The number of methoxy groups -OCH3 is 2. The lowest BCUT2D eigenvalue weighted by atomic mass is 10.2. The van der Waals surface area contributed by atoms with Crippen LogP contribution in [0.25, 0.3) is 0 Å². The molecule has 2 aromatic carbocycles.